The van der Waals surface area contributed by atoms with Crippen molar-refractivity contribution >= 4 is 35.6 Å². The molecule has 0 amide bonds. The van der Waals surface area contributed by atoms with Gasteiger partial charge >= 0.3 is 5.97 Å². The summed E-state index contributed by atoms with van der Waals surface area (Å²) in [5, 5.41) is 0. The van der Waals surface area contributed by atoms with Gasteiger partial charge in [-0.25, -0.2) is 34.5 Å². The number of carbonyl (C=O) groups excluding carboxylic acids is 1. The number of nitrogens with zero attached hydrogens (tertiary/aromatic N) is 4. The number of methoxy groups -OCH3 is 7. The van der Waals surface area contributed by atoms with Crippen LogP contribution in [-0.4, -0.2) is 118 Å². The molecule has 4 atom stereocenters. The van der Waals surface area contributed by atoms with Crippen LogP contribution in [0.15, 0.2) is 74.6 Å². The number of hydrogen-bond acceptors (Lipinski definition) is 14. The second-order valence-electron chi connectivity index (χ2n) is 12.5. The summed E-state index contributed by atoms with van der Waals surface area (Å²) in [6.45, 7) is 9.25. The van der Waals surface area contributed by atoms with Crippen LogP contribution in [0.1, 0.15) is 51.2 Å². The van der Waals surface area contributed by atoms with Gasteiger partial charge in [0.1, 0.15) is 36.2 Å². The summed E-state index contributed by atoms with van der Waals surface area (Å²) in [5.74, 6) is 4.47. The zero-order valence-electron chi connectivity index (χ0n) is 33.7. The highest BCUT2D eigenvalue weighted by atomic mass is 17.2. The third-order valence-corrected chi connectivity index (χ3v) is 8.35. The van der Waals surface area contributed by atoms with E-state index in [0.717, 1.165) is 22.6 Å². The minimum absolute atomic E-state index is 0.00806. The van der Waals surface area contributed by atoms with Gasteiger partial charge in [0.25, 0.3) is 0 Å². The molecule has 0 aliphatic carbocycles. The lowest BCUT2D eigenvalue weighted by Gasteiger charge is -2.31. The van der Waals surface area contributed by atoms with E-state index in [0.29, 0.717) is 49.1 Å². The minimum Gasteiger partial charge on any atom is -0.497 e. The van der Waals surface area contributed by atoms with Crippen molar-refractivity contribution in [2.45, 2.75) is 58.2 Å². The lowest BCUT2D eigenvalue weighted by atomic mass is 9.87. The van der Waals surface area contributed by atoms with Crippen LogP contribution in [0.5, 0.6) is 11.5 Å². The van der Waals surface area contributed by atoms with Gasteiger partial charge < -0.3 is 33.2 Å². The highest BCUT2D eigenvalue weighted by Gasteiger charge is 2.36. The predicted molar refractivity (Wildman–Crippen MR) is 211 cm³/mol. The summed E-state index contributed by atoms with van der Waals surface area (Å²) in [5.41, 5.74) is 2.02. The highest BCUT2D eigenvalue weighted by Crippen LogP contribution is 2.32. The molecule has 0 fully saturated rings. The number of aliphatic imine (C=N–C) groups is 4. The van der Waals surface area contributed by atoms with Crippen molar-refractivity contribution in [1.29, 1.82) is 0 Å². The number of hydrogen-bond donors (Lipinski definition) is 0. The van der Waals surface area contributed by atoms with Crippen molar-refractivity contribution in [3.05, 3.63) is 65.7 Å². The fourth-order valence-electron chi connectivity index (χ4n) is 5.37. The van der Waals surface area contributed by atoms with Crippen molar-refractivity contribution in [1.82, 2.24) is 0 Å². The molecule has 4 unspecified atom stereocenters. The summed E-state index contributed by atoms with van der Waals surface area (Å²) in [6.07, 6.45) is 3.74. The van der Waals surface area contributed by atoms with E-state index in [2.05, 4.69) is 42.4 Å². The number of ether oxygens (including phenoxy) is 7. The van der Waals surface area contributed by atoms with Crippen LogP contribution in [0.4, 0.5) is 0 Å². The fraction of sp³-hybridized carbons (Fsp3) is 0.525. The third-order valence-electron chi connectivity index (χ3n) is 8.35. The maximum Gasteiger partial charge on any atom is 0.330 e. The van der Waals surface area contributed by atoms with E-state index in [1.807, 2.05) is 48.5 Å². The van der Waals surface area contributed by atoms with Gasteiger partial charge in [-0.3, -0.25) is 0 Å². The van der Waals surface area contributed by atoms with Gasteiger partial charge in [0.05, 0.1) is 63.5 Å². The van der Waals surface area contributed by atoms with Crippen LogP contribution in [0.2, 0.25) is 0 Å². The molecule has 2 aliphatic heterocycles. The van der Waals surface area contributed by atoms with Gasteiger partial charge in [-0.1, -0.05) is 52.0 Å². The van der Waals surface area contributed by atoms with Crippen LogP contribution in [0, 0.1) is 11.8 Å². The maximum absolute atomic E-state index is 10.8. The molecule has 14 heteroatoms. The van der Waals surface area contributed by atoms with Crippen molar-refractivity contribution < 1.29 is 47.7 Å². The first-order chi connectivity index (χ1) is 26.0. The van der Waals surface area contributed by atoms with Crippen molar-refractivity contribution in [2.24, 2.45) is 31.8 Å². The standard InChI is InChI=1S/C20H30N2O5.C11H12O3.C9H16N2O2/c1-13(2)17-19(24-4)22-18(20(21-17)25-5)16(11-12-27-26-6)14-7-9-15(23-3)10-8-14;1-13-10-6-3-9(4-7-10)5-8-11(12)14-2;1-6(2)8-9(13-4)10-5-7(11-8)12-3/h7-10,13,16-18H,11-12H2,1-6H3;3-8H,1-2H3;6,8H,5H2,1-4H3/b;8-5+;. The SMILES string of the molecule is COC(=O)/C=C/c1ccc(OC)cc1.COC1=NC(C(C)C)C(OC)=NC1.COOCCC(c1ccc(OC)cc1)C1N=C(OC)C(C(C)C)N=C1OC. The monoisotopic (exact) mass is 754 g/mol. The van der Waals surface area contributed by atoms with E-state index in [4.69, 9.17) is 48.2 Å². The lowest BCUT2D eigenvalue weighted by molar-refractivity contribution is -0.273. The van der Waals surface area contributed by atoms with E-state index in [1.165, 1.54) is 20.3 Å². The van der Waals surface area contributed by atoms with Crippen LogP contribution >= 0.6 is 0 Å². The average Bonchev–Trinajstić information content (AvgIpc) is 3.21. The van der Waals surface area contributed by atoms with Crippen molar-refractivity contribution in [2.75, 3.05) is 70.0 Å². The van der Waals surface area contributed by atoms with Gasteiger partial charge in [0.15, 0.2) is 0 Å². The van der Waals surface area contributed by atoms with E-state index in [1.54, 1.807) is 48.7 Å². The quantitative estimate of drug-likeness (QED) is 0.0802. The van der Waals surface area contributed by atoms with Gasteiger partial charge in [0, 0.05) is 12.0 Å². The molecule has 2 aromatic rings. The Labute approximate surface area is 320 Å². The normalized spacial score (nSPS) is 18.4. The second-order valence-corrected chi connectivity index (χ2v) is 12.5. The molecule has 298 valence electrons. The van der Waals surface area contributed by atoms with Gasteiger partial charge in [-0.15, -0.1) is 0 Å². The summed E-state index contributed by atoms with van der Waals surface area (Å²) in [6, 6.07) is 14.9. The first kappa shape index (κ1) is 45.2. The summed E-state index contributed by atoms with van der Waals surface area (Å²) in [4.78, 5) is 38.9. The molecular weight excluding hydrogens is 696 g/mol. The number of rotatable bonds is 12. The molecule has 2 aromatic carbocycles. The molecular formula is C40H58N4O10. The molecule has 2 aliphatic rings. The van der Waals surface area contributed by atoms with E-state index in [9.17, 15) is 4.79 Å². The van der Waals surface area contributed by atoms with Crippen LogP contribution < -0.4 is 9.47 Å². The number of benzene rings is 2. The third kappa shape index (κ3) is 14.1. The van der Waals surface area contributed by atoms with Crippen molar-refractivity contribution in [3.8, 4) is 11.5 Å². The molecule has 0 saturated carbocycles. The lowest BCUT2D eigenvalue weighted by Crippen LogP contribution is -2.40. The van der Waals surface area contributed by atoms with Crippen LogP contribution in [0.3, 0.4) is 0 Å². The van der Waals surface area contributed by atoms with E-state index < -0.39 is 0 Å². The first-order valence-corrected chi connectivity index (χ1v) is 17.6. The predicted octanol–water partition coefficient (Wildman–Crippen LogP) is 6.24. The maximum atomic E-state index is 10.8. The van der Waals surface area contributed by atoms with Crippen molar-refractivity contribution in [3.63, 3.8) is 0 Å². The topological polar surface area (TPSA) is 150 Å². The molecule has 54 heavy (non-hydrogen) atoms. The molecule has 4 rings (SSSR count). The molecule has 2 heterocycles. The Morgan fingerprint density at radius 2 is 1.19 bits per heavy atom. The van der Waals surface area contributed by atoms with Crippen LogP contribution in [-0.2, 0) is 38.3 Å². The smallest absolute Gasteiger partial charge is 0.330 e. The molecule has 0 spiro atoms. The highest BCUT2D eigenvalue weighted by molar-refractivity contribution is 5.95. The first-order valence-electron chi connectivity index (χ1n) is 17.6. The molecule has 0 aromatic heterocycles. The zero-order valence-corrected chi connectivity index (χ0v) is 33.7. The fourth-order valence-corrected chi connectivity index (χ4v) is 5.37. The number of carbonyl (C=O) groups is 1. The summed E-state index contributed by atoms with van der Waals surface area (Å²) < 4.78 is 36.1. The Bertz CT molecular complexity index is 1550. The van der Waals surface area contributed by atoms with Gasteiger partial charge in [0.2, 0.25) is 23.6 Å². The van der Waals surface area contributed by atoms with Crippen LogP contribution in [0.25, 0.3) is 6.08 Å². The molecule has 0 saturated heterocycles. The van der Waals surface area contributed by atoms with Gasteiger partial charge in [-0.2, -0.15) is 0 Å². The Hall–Kier alpha value is -4.95. The van der Waals surface area contributed by atoms with Gasteiger partial charge in [-0.05, 0) is 59.7 Å². The minimum atomic E-state index is -0.360. The Morgan fingerprint density at radius 1 is 0.667 bits per heavy atom. The van der Waals surface area contributed by atoms with E-state index in [-0.39, 0.29) is 35.9 Å². The second kappa shape index (κ2) is 24.4. The Kier molecular flexibility index (Phi) is 20.4. The molecule has 0 radical (unpaired) electrons. The molecule has 0 N–H and O–H groups in total. The molecule has 14 nitrogen and oxygen atoms in total. The Balaban J connectivity index is 0.000000312. The zero-order chi connectivity index (χ0) is 40.0. The number of esters is 1. The molecule has 0 bridgehead atoms. The Morgan fingerprint density at radius 3 is 1.67 bits per heavy atom. The average molecular weight is 755 g/mol. The largest absolute Gasteiger partial charge is 0.497 e. The summed E-state index contributed by atoms with van der Waals surface area (Å²) in [7, 11) is 12.6. The van der Waals surface area contributed by atoms with E-state index >= 15 is 0 Å². The summed E-state index contributed by atoms with van der Waals surface area (Å²) >= 11 is 0.